The number of aliphatic hydroxyl groups is 1. The standard InChI is InChI=1S/C16H22O4S/c1-19-15(20-2)13-5-3-4-6-14(13)16(17)9-11-7-8-12(10-16)21(11)18/h3-6,11-12,15,17H,7-10H2,1-2H3. The molecule has 21 heavy (non-hydrogen) atoms. The summed E-state index contributed by atoms with van der Waals surface area (Å²) in [5.74, 6) is 0. The van der Waals surface area contributed by atoms with Crippen molar-refractivity contribution in [3.05, 3.63) is 35.4 Å². The van der Waals surface area contributed by atoms with Gasteiger partial charge in [-0.05, 0) is 31.2 Å². The number of hydrogen-bond donors (Lipinski definition) is 1. The molecule has 2 aliphatic heterocycles. The monoisotopic (exact) mass is 310 g/mol. The predicted molar refractivity (Wildman–Crippen MR) is 81.3 cm³/mol. The van der Waals surface area contributed by atoms with Crippen LogP contribution in [0.2, 0.25) is 0 Å². The van der Waals surface area contributed by atoms with Crippen LogP contribution < -0.4 is 0 Å². The molecule has 2 heterocycles. The zero-order chi connectivity index (χ0) is 15.0. The van der Waals surface area contributed by atoms with E-state index < -0.39 is 22.7 Å². The lowest BCUT2D eigenvalue weighted by Gasteiger charge is -2.38. The lowest BCUT2D eigenvalue weighted by Crippen LogP contribution is -2.41. The molecule has 0 aliphatic carbocycles. The topological polar surface area (TPSA) is 55.8 Å². The summed E-state index contributed by atoms with van der Waals surface area (Å²) in [6, 6.07) is 7.71. The van der Waals surface area contributed by atoms with Crippen molar-refractivity contribution in [1.82, 2.24) is 0 Å². The maximum Gasteiger partial charge on any atom is 0.183 e. The van der Waals surface area contributed by atoms with Crippen molar-refractivity contribution < 1.29 is 18.8 Å². The molecule has 0 aromatic heterocycles. The van der Waals surface area contributed by atoms with Gasteiger partial charge in [-0.2, -0.15) is 0 Å². The highest BCUT2D eigenvalue weighted by molar-refractivity contribution is 7.86. The summed E-state index contributed by atoms with van der Waals surface area (Å²) in [7, 11) is 2.40. The lowest BCUT2D eigenvalue weighted by molar-refractivity contribution is -0.109. The van der Waals surface area contributed by atoms with Gasteiger partial charge in [0, 0.05) is 41.1 Å². The van der Waals surface area contributed by atoms with Gasteiger partial charge in [-0.25, -0.2) is 0 Å². The van der Waals surface area contributed by atoms with Crippen molar-refractivity contribution >= 4 is 10.8 Å². The molecule has 2 aliphatic rings. The Morgan fingerprint density at radius 3 is 2.33 bits per heavy atom. The molecule has 2 bridgehead atoms. The molecule has 1 aromatic carbocycles. The molecule has 1 N–H and O–H groups in total. The molecule has 2 saturated heterocycles. The third-order valence-electron chi connectivity index (χ3n) is 4.74. The van der Waals surface area contributed by atoms with E-state index in [1.54, 1.807) is 14.2 Å². The number of hydrogen-bond acceptors (Lipinski definition) is 4. The first kappa shape index (κ1) is 15.2. The van der Waals surface area contributed by atoms with Crippen LogP contribution in [0.3, 0.4) is 0 Å². The molecule has 116 valence electrons. The van der Waals surface area contributed by atoms with Crippen LogP contribution in [0.4, 0.5) is 0 Å². The Bertz CT molecular complexity index is 525. The third kappa shape index (κ3) is 2.57. The Hall–Kier alpha value is -0.750. The Balaban J connectivity index is 1.99. The second-order valence-corrected chi connectivity index (χ2v) is 7.97. The molecule has 3 rings (SSSR count). The number of rotatable bonds is 4. The zero-order valence-electron chi connectivity index (χ0n) is 12.5. The predicted octanol–water partition coefficient (Wildman–Crippen LogP) is 2.24. The quantitative estimate of drug-likeness (QED) is 0.867. The van der Waals surface area contributed by atoms with Gasteiger partial charge in [0.1, 0.15) is 0 Å². The first-order valence-electron chi connectivity index (χ1n) is 7.36. The number of fused-ring (bicyclic) bond motifs is 2. The second kappa shape index (κ2) is 5.80. The van der Waals surface area contributed by atoms with E-state index in [4.69, 9.17) is 9.47 Å². The first-order valence-corrected chi connectivity index (χ1v) is 8.63. The van der Waals surface area contributed by atoms with Crippen LogP contribution in [0.5, 0.6) is 0 Å². The van der Waals surface area contributed by atoms with Crippen molar-refractivity contribution in [2.24, 2.45) is 0 Å². The highest BCUT2D eigenvalue weighted by atomic mass is 32.2. The summed E-state index contributed by atoms with van der Waals surface area (Å²) in [5, 5.41) is 11.4. The second-order valence-electron chi connectivity index (χ2n) is 5.98. The molecule has 0 amide bonds. The minimum atomic E-state index is -0.925. The Morgan fingerprint density at radius 1 is 1.19 bits per heavy atom. The molecule has 2 atom stereocenters. The van der Waals surface area contributed by atoms with Crippen molar-refractivity contribution in [2.45, 2.75) is 48.1 Å². The van der Waals surface area contributed by atoms with Crippen LogP contribution in [0.25, 0.3) is 0 Å². The fourth-order valence-corrected chi connectivity index (χ4v) is 5.94. The van der Waals surface area contributed by atoms with Crippen LogP contribution >= 0.6 is 0 Å². The molecule has 1 aromatic rings. The maximum atomic E-state index is 12.2. The number of ether oxygens (including phenoxy) is 2. The van der Waals surface area contributed by atoms with Crippen molar-refractivity contribution in [2.75, 3.05) is 14.2 Å². The molecule has 0 radical (unpaired) electrons. The largest absolute Gasteiger partial charge is 0.385 e. The molecule has 0 saturated carbocycles. The SMILES string of the molecule is COC(OC)c1ccccc1C1(O)CC2CCC(C1)S2=O. The van der Waals surface area contributed by atoms with Gasteiger partial charge in [-0.3, -0.25) is 4.21 Å². The summed E-state index contributed by atoms with van der Waals surface area (Å²) >= 11 is 0. The van der Waals surface area contributed by atoms with Crippen LogP contribution in [-0.2, 0) is 25.9 Å². The molecular formula is C16H22O4S. The van der Waals surface area contributed by atoms with E-state index in [0.29, 0.717) is 12.8 Å². The highest BCUT2D eigenvalue weighted by Crippen LogP contribution is 2.47. The van der Waals surface area contributed by atoms with Gasteiger partial charge in [-0.1, -0.05) is 24.3 Å². The van der Waals surface area contributed by atoms with Crippen LogP contribution in [-0.4, -0.2) is 34.0 Å². The van der Waals surface area contributed by atoms with Gasteiger partial charge in [0.25, 0.3) is 0 Å². The highest BCUT2D eigenvalue weighted by Gasteiger charge is 2.49. The van der Waals surface area contributed by atoms with Crippen molar-refractivity contribution in [1.29, 1.82) is 0 Å². The van der Waals surface area contributed by atoms with E-state index in [1.165, 1.54) is 0 Å². The van der Waals surface area contributed by atoms with E-state index in [0.717, 1.165) is 24.0 Å². The zero-order valence-corrected chi connectivity index (χ0v) is 13.3. The molecule has 5 heteroatoms. The molecule has 2 unspecified atom stereocenters. The van der Waals surface area contributed by atoms with Gasteiger partial charge in [-0.15, -0.1) is 0 Å². The summed E-state index contributed by atoms with van der Waals surface area (Å²) < 4.78 is 22.9. The first-order chi connectivity index (χ1) is 10.1. The Kier molecular flexibility index (Phi) is 4.19. The Morgan fingerprint density at radius 2 is 1.76 bits per heavy atom. The van der Waals surface area contributed by atoms with Gasteiger partial charge in [0.2, 0.25) is 0 Å². The molecular weight excluding hydrogens is 288 g/mol. The minimum Gasteiger partial charge on any atom is -0.385 e. The van der Waals surface area contributed by atoms with E-state index in [2.05, 4.69) is 0 Å². The smallest absolute Gasteiger partial charge is 0.183 e. The average molecular weight is 310 g/mol. The number of benzene rings is 1. The normalized spacial score (nSPS) is 35.3. The third-order valence-corrected chi connectivity index (χ3v) is 6.86. The van der Waals surface area contributed by atoms with Gasteiger partial charge in [0.15, 0.2) is 6.29 Å². The van der Waals surface area contributed by atoms with E-state index in [1.807, 2.05) is 24.3 Å². The average Bonchev–Trinajstić information content (AvgIpc) is 2.72. The van der Waals surface area contributed by atoms with Gasteiger partial charge >= 0.3 is 0 Å². The summed E-state index contributed by atoms with van der Waals surface area (Å²) in [4.78, 5) is 0. The maximum absolute atomic E-state index is 12.2. The van der Waals surface area contributed by atoms with Crippen LogP contribution in [0, 0.1) is 0 Å². The van der Waals surface area contributed by atoms with Crippen LogP contribution in [0.1, 0.15) is 43.1 Å². The summed E-state index contributed by atoms with van der Waals surface area (Å²) in [6.07, 6.45) is 2.55. The summed E-state index contributed by atoms with van der Waals surface area (Å²) in [6.45, 7) is 0. The van der Waals surface area contributed by atoms with Gasteiger partial charge < -0.3 is 14.6 Å². The van der Waals surface area contributed by atoms with Crippen molar-refractivity contribution in [3.8, 4) is 0 Å². The molecule has 2 fully saturated rings. The van der Waals surface area contributed by atoms with Crippen LogP contribution in [0.15, 0.2) is 24.3 Å². The fourth-order valence-electron chi connectivity index (χ4n) is 3.78. The van der Waals surface area contributed by atoms with Crippen molar-refractivity contribution in [3.63, 3.8) is 0 Å². The lowest BCUT2D eigenvalue weighted by atomic mass is 9.83. The van der Waals surface area contributed by atoms with E-state index in [9.17, 15) is 9.32 Å². The van der Waals surface area contributed by atoms with E-state index >= 15 is 0 Å². The van der Waals surface area contributed by atoms with E-state index in [-0.39, 0.29) is 10.5 Å². The molecule has 0 spiro atoms. The van der Waals surface area contributed by atoms with Gasteiger partial charge in [0.05, 0.1) is 5.60 Å². The summed E-state index contributed by atoms with van der Waals surface area (Å²) in [5.41, 5.74) is 0.787. The number of methoxy groups -OCH3 is 2. The molecule has 4 nitrogen and oxygen atoms in total. The minimum absolute atomic E-state index is 0.116. The fraction of sp³-hybridized carbons (Fsp3) is 0.625. The Labute approximate surface area is 127 Å².